The van der Waals surface area contributed by atoms with E-state index in [0.717, 1.165) is 0 Å². The average molecular weight is 208 g/mol. The van der Waals surface area contributed by atoms with Crippen LogP contribution in [0.25, 0.3) is 0 Å². The van der Waals surface area contributed by atoms with Gasteiger partial charge in [-0.25, -0.2) is 4.79 Å². The van der Waals surface area contributed by atoms with Crippen molar-refractivity contribution in [2.45, 2.75) is 6.92 Å². The summed E-state index contributed by atoms with van der Waals surface area (Å²) in [6, 6.07) is 4.04. The van der Waals surface area contributed by atoms with Gasteiger partial charge in [-0.05, 0) is 25.1 Å². The Bertz CT molecular complexity index is 402. The first-order chi connectivity index (χ1) is 7.06. The number of aromatic carboxylic acids is 1. The Hall–Kier alpha value is -2.04. The van der Waals surface area contributed by atoms with Gasteiger partial charge in [-0.1, -0.05) is 0 Å². The van der Waals surface area contributed by atoms with Crippen molar-refractivity contribution in [3.05, 3.63) is 29.3 Å². The minimum Gasteiger partial charge on any atom is -0.478 e. The van der Waals surface area contributed by atoms with Gasteiger partial charge in [0, 0.05) is 12.2 Å². The maximum absolute atomic E-state index is 11.5. The Morgan fingerprint density at radius 2 is 2.13 bits per heavy atom. The van der Waals surface area contributed by atoms with Crippen molar-refractivity contribution in [2.75, 3.05) is 12.3 Å². The third-order valence-corrected chi connectivity index (χ3v) is 1.88. The number of hydrogen-bond donors (Lipinski definition) is 3. The van der Waals surface area contributed by atoms with Crippen molar-refractivity contribution in [3.63, 3.8) is 0 Å². The van der Waals surface area contributed by atoms with Gasteiger partial charge in [-0.2, -0.15) is 0 Å². The summed E-state index contributed by atoms with van der Waals surface area (Å²) in [7, 11) is 0. The Morgan fingerprint density at radius 3 is 2.67 bits per heavy atom. The second-order valence-electron chi connectivity index (χ2n) is 2.97. The molecule has 0 heterocycles. The Morgan fingerprint density at radius 1 is 1.47 bits per heavy atom. The molecule has 5 nitrogen and oxygen atoms in total. The third kappa shape index (κ3) is 2.46. The van der Waals surface area contributed by atoms with Crippen LogP contribution >= 0.6 is 0 Å². The number of amides is 1. The molecule has 1 aromatic rings. The van der Waals surface area contributed by atoms with E-state index in [9.17, 15) is 9.59 Å². The molecule has 15 heavy (non-hydrogen) atoms. The van der Waals surface area contributed by atoms with E-state index >= 15 is 0 Å². The highest BCUT2D eigenvalue weighted by atomic mass is 16.4. The molecule has 1 amide bonds. The number of carboxylic acids is 1. The highest BCUT2D eigenvalue weighted by Crippen LogP contribution is 2.14. The summed E-state index contributed by atoms with van der Waals surface area (Å²) in [4.78, 5) is 22.1. The summed E-state index contributed by atoms with van der Waals surface area (Å²) in [5, 5.41) is 11.3. The lowest BCUT2D eigenvalue weighted by molar-refractivity contribution is 0.0697. The predicted molar refractivity (Wildman–Crippen MR) is 55.8 cm³/mol. The van der Waals surface area contributed by atoms with Crippen LogP contribution in [0.2, 0.25) is 0 Å². The molecule has 0 aliphatic heterocycles. The topological polar surface area (TPSA) is 92.4 Å². The van der Waals surface area contributed by atoms with Crippen LogP contribution < -0.4 is 11.1 Å². The Kier molecular flexibility index (Phi) is 3.28. The number of anilines is 1. The molecule has 0 unspecified atom stereocenters. The fourth-order valence-electron chi connectivity index (χ4n) is 1.14. The van der Waals surface area contributed by atoms with Gasteiger partial charge in [-0.15, -0.1) is 0 Å². The highest BCUT2D eigenvalue weighted by molar-refractivity contribution is 6.01. The van der Waals surface area contributed by atoms with Crippen LogP contribution in [0.4, 0.5) is 5.69 Å². The van der Waals surface area contributed by atoms with Gasteiger partial charge in [0.1, 0.15) is 0 Å². The lowest BCUT2D eigenvalue weighted by Gasteiger charge is -2.06. The summed E-state index contributed by atoms with van der Waals surface area (Å²) in [6.45, 7) is 2.24. The Labute approximate surface area is 86.9 Å². The first-order valence-corrected chi connectivity index (χ1v) is 4.47. The summed E-state index contributed by atoms with van der Waals surface area (Å²) < 4.78 is 0. The molecule has 0 atom stereocenters. The molecule has 0 radical (unpaired) electrons. The van der Waals surface area contributed by atoms with Crippen LogP contribution in [-0.4, -0.2) is 23.5 Å². The largest absolute Gasteiger partial charge is 0.478 e. The van der Waals surface area contributed by atoms with Gasteiger partial charge in [0.2, 0.25) is 0 Å². The van der Waals surface area contributed by atoms with Crippen molar-refractivity contribution in [1.82, 2.24) is 5.32 Å². The summed E-state index contributed by atoms with van der Waals surface area (Å²) in [5.74, 6) is -1.45. The van der Waals surface area contributed by atoms with E-state index in [0.29, 0.717) is 6.54 Å². The van der Waals surface area contributed by atoms with E-state index in [2.05, 4.69) is 5.32 Å². The van der Waals surface area contributed by atoms with Crippen LogP contribution in [0.5, 0.6) is 0 Å². The summed E-state index contributed by atoms with van der Waals surface area (Å²) >= 11 is 0. The van der Waals surface area contributed by atoms with Gasteiger partial charge >= 0.3 is 5.97 Å². The molecular weight excluding hydrogens is 196 g/mol. The van der Waals surface area contributed by atoms with E-state index in [4.69, 9.17) is 10.8 Å². The second-order valence-corrected chi connectivity index (χ2v) is 2.97. The zero-order valence-corrected chi connectivity index (χ0v) is 8.28. The van der Waals surface area contributed by atoms with E-state index < -0.39 is 5.97 Å². The van der Waals surface area contributed by atoms with E-state index in [-0.39, 0.29) is 22.7 Å². The summed E-state index contributed by atoms with van der Waals surface area (Å²) in [5.41, 5.74) is 6.07. The maximum atomic E-state index is 11.5. The van der Waals surface area contributed by atoms with E-state index in [1.165, 1.54) is 18.2 Å². The van der Waals surface area contributed by atoms with Gasteiger partial charge < -0.3 is 16.2 Å². The zero-order chi connectivity index (χ0) is 11.4. The molecule has 0 aromatic heterocycles. The van der Waals surface area contributed by atoms with Crippen LogP contribution in [0.3, 0.4) is 0 Å². The quantitative estimate of drug-likeness (QED) is 0.638. The molecule has 5 heteroatoms. The molecule has 0 aliphatic rings. The molecule has 4 N–H and O–H groups in total. The number of nitrogens with one attached hydrogen (secondary N) is 1. The highest BCUT2D eigenvalue weighted by Gasteiger charge is 2.12. The number of carbonyl (C=O) groups excluding carboxylic acids is 1. The minimum atomic E-state index is -1.08. The normalized spacial score (nSPS) is 9.67. The summed E-state index contributed by atoms with van der Waals surface area (Å²) in [6.07, 6.45) is 0. The smallest absolute Gasteiger partial charge is 0.335 e. The maximum Gasteiger partial charge on any atom is 0.335 e. The first kappa shape index (κ1) is 11.0. The van der Waals surface area contributed by atoms with E-state index in [1.54, 1.807) is 6.92 Å². The second kappa shape index (κ2) is 4.45. The number of carbonyl (C=O) groups is 2. The molecule has 0 saturated carbocycles. The van der Waals surface area contributed by atoms with Crippen LogP contribution in [-0.2, 0) is 0 Å². The van der Waals surface area contributed by atoms with Gasteiger partial charge in [0.05, 0.1) is 11.1 Å². The van der Waals surface area contributed by atoms with Gasteiger partial charge in [-0.3, -0.25) is 4.79 Å². The SMILES string of the molecule is CCNC(=O)c1cc(C(=O)O)ccc1N. The van der Waals surface area contributed by atoms with Crippen molar-refractivity contribution in [2.24, 2.45) is 0 Å². The molecule has 80 valence electrons. The van der Waals surface area contributed by atoms with Gasteiger partial charge in [0.25, 0.3) is 5.91 Å². The molecule has 0 spiro atoms. The van der Waals surface area contributed by atoms with Crippen molar-refractivity contribution in [3.8, 4) is 0 Å². The molecule has 1 aromatic carbocycles. The monoisotopic (exact) mass is 208 g/mol. The standard InChI is InChI=1S/C10H12N2O3/c1-2-12-9(13)7-5-6(10(14)15)3-4-8(7)11/h3-5H,2,11H2,1H3,(H,12,13)(H,14,15). The molecule has 0 bridgehead atoms. The van der Waals surface area contributed by atoms with Crippen LogP contribution in [0.1, 0.15) is 27.6 Å². The molecular formula is C10H12N2O3. The first-order valence-electron chi connectivity index (χ1n) is 4.47. The van der Waals surface area contributed by atoms with Gasteiger partial charge in [0.15, 0.2) is 0 Å². The number of nitrogens with two attached hydrogens (primary N) is 1. The number of rotatable bonds is 3. The van der Waals surface area contributed by atoms with Crippen LogP contribution in [0.15, 0.2) is 18.2 Å². The zero-order valence-electron chi connectivity index (χ0n) is 8.28. The molecule has 0 saturated heterocycles. The average Bonchev–Trinajstić information content (AvgIpc) is 2.18. The third-order valence-electron chi connectivity index (χ3n) is 1.88. The molecule has 1 rings (SSSR count). The van der Waals surface area contributed by atoms with Crippen molar-refractivity contribution in [1.29, 1.82) is 0 Å². The van der Waals surface area contributed by atoms with Crippen molar-refractivity contribution < 1.29 is 14.7 Å². The van der Waals surface area contributed by atoms with E-state index in [1.807, 2.05) is 0 Å². The van der Waals surface area contributed by atoms with Crippen molar-refractivity contribution >= 4 is 17.6 Å². The molecule has 0 fully saturated rings. The number of benzene rings is 1. The fourth-order valence-corrected chi connectivity index (χ4v) is 1.14. The number of nitrogen functional groups attached to an aromatic ring is 1. The minimum absolute atomic E-state index is 0.0467. The lowest BCUT2D eigenvalue weighted by atomic mass is 10.1. The Balaban J connectivity index is 3.10. The predicted octanol–water partition coefficient (Wildman–Crippen LogP) is 0.717. The number of carboxylic acid groups (broad SMARTS) is 1. The lowest BCUT2D eigenvalue weighted by Crippen LogP contribution is -2.24. The molecule has 0 aliphatic carbocycles. The van der Waals surface area contributed by atoms with Crippen LogP contribution in [0, 0.1) is 0 Å². The number of hydrogen-bond acceptors (Lipinski definition) is 3. The fraction of sp³-hybridized carbons (Fsp3) is 0.200.